The molecule has 0 unspecified atom stereocenters. The number of benzene rings is 1. The third-order valence-electron chi connectivity index (χ3n) is 4.41. The van der Waals surface area contributed by atoms with Gasteiger partial charge in [-0.15, -0.1) is 0 Å². The van der Waals surface area contributed by atoms with Gasteiger partial charge in [-0.25, -0.2) is 0 Å². The maximum Gasteiger partial charge on any atom is 0.287 e. The second-order valence-electron chi connectivity index (χ2n) is 6.38. The topological polar surface area (TPSA) is 91.5 Å². The lowest BCUT2D eigenvalue weighted by atomic mass is 10.1. The number of furan rings is 1. The van der Waals surface area contributed by atoms with Crippen LogP contribution in [-0.4, -0.2) is 37.0 Å². The number of carbonyl (C=O) groups excluding carboxylic acids is 1. The molecule has 0 spiro atoms. The molecule has 0 bridgehead atoms. The molecule has 1 aromatic carbocycles. The van der Waals surface area contributed by atoms with E-state index < -0.39 is 0 Å². The number of aliphatic imine (C=N–C) groups is 1. The minimum absolute atomic E-state index is 0.186. The zero-order chi connectivity index (χ0) is 19.8. The summed E-state index contributed by atoms with van der Waals surface area (Å²) in [6, 6.07) is 11.9. The molecule has 0 aliphatic carbocycles. The second kappa shape index (κ2) is 9.55. The van der Waals surface area contributed by atoms with Crippen LogP contribution in [0, 0.1) is 6.92 Å². The van der Waals surface area contributed by atoms with Gasteiger partial charge in [0.25, 0.3) is 5.91 Å². The van der Waals surface area contributed by atoms with Crippen molar-refractivity contribution < 1.29 is 9.21 Å². The number of nitrogens with zero attached hydrogens (tertiary/aromatic N) is 2. The number of pyridine rings is 1. The Kier molecular flexibility index (Phi) is 6.62. The summed E-state index contributed by atoms with van der Waals surface area (Å²) in [7, 11) is 1.74. The fourth-order valence-corrected chi connectivity index (χ4v) is 2.89. The summed E-state index contributed by atoms with van der Waals surface area (Å²) in [6.45, 7) is 3.74. The third-order valence-corrected chi connectivity index (χ3v) is 4.41. The number of para-hydroxylation sites is 1. The first-order valence-corrected chi connectivity index (χ1v) is 9.28. The molecule has 3 aromatic rings. The first-order chi connectivity index (χ1) is 13.7. The Morgan fingerprint density at radius 3 is 2.71 bits per heavy atom. The van der Waals surface area contributed by atoms with E-state index in [0.29, 0.717) is 31.4 Å². The fourth-order valence-electron chi connectivity index (χ4n) is 2.89. The van der Waals surface area contributed by atoms with E-state index in [1.54, 1.807) is 13.1 Å². The van der Waals surface area contributed by atoms with E-state index in [1.165, 1.54) is 6.26 Å². The molecule has 0 atom stereocenters. The lowest BCUT2D eigenvalue weighted by Crippen LogP contribution is -2.38. The summed E-state index contributed by atoms with van der Waals surface area (Å²) in [5, 5.41) is 10.6. The number of nitrogens with one attached hydrogen (secondary N) is 3. The lowest BCUT2D eigenvalue weighted by Gasteiger charge is -2.13. The van der Waals surface area contributed by atoms with Crippen LogP contribution in [0.3, 0.4) is 0 Å². The largest absolute Gasteiger partial charge is 0.459 e. The average Bonchev–Trinajstić information content (AvgIpc) is 3.16. The number of aryl methyl sites for hydroxylation is 1. The van der Waals surface area contributed by atoms with Crippen molar-refractivity contribution in [2.24, 2.45) is 4.99 Å². The molecule has 2 aromatic heterocycles. The lowest BCUT2D eigenvalue weighted by molar-refractivity contribution is 0.0925. The highest BCUT2D eigenvalue weighted by atomic mass is 16.3. The zero-order valence-electron chi connectivity index (χ0n) is 16.2. The van der Waals surface area contributed by atoms with E-state index in [1.807, 2.05) is 37.4 Å². The number of aromatic nitrogens is 1. The Hall–Kier alpha value is -3.35. The minimum Gasteiger partial charge on any atom is -0.459 e. The monoisotopic (exact) mass is 379 g/mol. The van der Waals surface area contributed by atoms with Crippen LogP contribution in [0.5, 0.6) is 0 Å². The van der Waals surface area contributed by atoms with Gasteiger partial charge in [0.15, 0.2) is 11.7 Å². The van der Waals surface area contributed by atoms with Gasteiger partial charge in [-0.2, -0.15) is 0 Å². The van der Waals surface area contributed by atoms with Gasteiger partial charge in [0.05, 0.1) is 11.8 Å². The number of amides is 1. The Labute approximate surface area is 164 Å². The fraction of sp³-hybridized carbons (Fsp3) is 0.286. The molecule has 7 nitrogen and oxygen atoms in total. The summed E-state index contributed by atoms with van der Waals surface area (Å²) in [5.41, 5.74) is 2.98. The number of carbonyl (C=O) groups is 1. The first-order valence-electron chi connectivity index (χ1n) is 9.28. The van der Waals surface area contributed by atoms with E-state index >= 15 is 0 Å². The Balaban J connectivity index is 1.41. The van der Waals surface area contributed by atoms with E-state index in [4.69, 9.17) is 4.42 Å². The predicted molar refractivity (Wildman–Crippen MR) is 110 cm³/mol. The van der Waals surface area contributed by atoms with E-state index in [0.717, 1.165) is 28.5 Å². The minimum atomic E-state index is -0.186. The molecule has 0 aliphatic rings. The molecule has 2 heterocycles. The summed E-state index contributed by atoms with van der Waals surface area (Å²) >= 11 is 0. The van der Waals surface area contributed by atoms with Gasteiger partial charge >= 0.3 is 0 Å². The molecule has 0 fully saturated rings. The highest BCUT2D eigenvalue weighted by molar-refractivity contribution is 5.92. The van der Waals surface area contributed by atoms with Gasteiger partial charge in [-0.1, -0.05) is 18.2 Å². The van der Waals surface area contributed by atoms with Crippen molar-refractivity contribution >= 4 is 22.8 Å². The maximum atomic E-state index is 12.0. The van der Waals surface area contributed by atoms with E-state index in [-0.39, 0.29) is 5.91 Å². The molecule has 0 radical (unpaired) electrons. The smallest absolute Gasteiger partial charge is 0.287 e. The molecule has 146 valence electrons. The molecule has 3 N–H and O–H groups in total. The molecule has 0 saturated carbocycles. The van der Waals surface area contributed by atoms with Crippen molar-refractivity contribution in [3.05, 3.63) is 65.7 Å². The number of hydrogen-bond donors (Lipinski definition) is 3. The molecule has 1 amide bonds. The summed E-state index contributed by atoms with van der Waals surface area (Å²) in [6.07, 6.45) is 4.11. The SMILES string of the molecule is CN=C(NCCCNC(=O)c1occc1C)NCc1ccnc2ccccc12. The van der Waals surface area contributed by atoms with Gasteiger partial charge in [0, 0.05) is 43.8 Å². The molecule has 7 heteroatoms. The highest BCUT2D eigenvalue weighted by Crippen LogP contribution is 2.15. The quantitative estimate of drug-likeness (QED) is 0.333. The van der Waals surface area contributed by atoms with Crippen molar-refractivity contribution in [3.63, 3.8) is 0 Å². The summed E-state index contributed by atoms with van der Waals surface area (Å²) < 4.78 is 5.18. The summed E-state index contributed by atoms with van der Waals surface area (Å²) in [5.74, 6) is 0.902. The van der Waals surface area contributed by atoms with Crippen molar-refractivity contribution in [1.29, 1.82) is 0 Å². The molecule has 0 saturated heterocycles. The highest BCUT2D eigenvalue weighted by Gasteiger charge is 2.11. The van der Waals surface area contributed by atoms with Crippen LogP contribution in [-0.2, 0) is 6.54 Å². The Morgan fingerprint density at radius 2 is 1.93 bits per heavy atom. The normalized spacial score (nSPS) is 11.4. The number of hydrogen-bond acceptors (Lipinski definition) is 4. The molecule has 28 heavy (non-hydrogen) atoms. The van der Waals surface area contributed by atoms with Gasteiger partial charge in [0.1, 0.15) is 0 Å². The molecule has 3 rings (SSSR count). The first kappa shape index (κ1) is 19.4. The van der Waals surface area contributed by atoms with Crippen LogP contribution in [0.1, 0.15) is 28.1 Å². The van der Waals surface area contributed by atoms with Gasteiger partial charge in [0.2, 0.25) is 0 Å². The van der Waals surface area contributed by atoms with Crippen LogP contribution in [0.2, 0.25) is 0 Å². The van der Waals surface area contributed by atoms with Crippen molar-refractivity contribution in [2.45, 2.75) is 19.9 Å². The van der Waals surface area contributed by atoms with Crippen LogP contribution < -0.4 is 16.0 Å². The van der Waals surface area contributed by atoms with Crippen LogP contribution >= 0.6 is 0 Å². The van der Waals surface area contributed by atoms with Crippen LogP contribution in [0.15, 0.2) is 58.3 Å². The number of guanidine groups is 1. The number of rotatable bonds is 7. The average molecular weight is 379 g/mol. The van der Waals surface area contributed by atoms with E-state index in [9.17, 15) is 4.79 Å². The molecular weight excluding hydrogens is 354 g/mol. The van der Waals surface area contributed by atoms with Crippen LogP contribution in [0.25, 0.3) is 10.9 Å². The second-order valence-corrected chi connectivity index (χ2v) is 6.38. The molecular formula is C21H25N5O2. The van der Waals surface area contributed by atoms with E-state index in [2.05, 4.69) is 32.0 Å². The van der Waals surface area contributed by atoms with Crippen molar-refractivity contribution in [2.75, 3.05) is 20.1 Å². The molecule has 0 aliphatic heterocycles. The Bertz CT molecular complexity index is 959. The van der Waals surface area contributed by atoms with Crippen LogP contribution in [0.4, 0.5) is 0 Å². The zero-order valence-corrected chi connectivity index (χ0v) is 16.2. The van der Waals surface area contributed by atoms with Gasteiger partial charge < -0.3 is 20.4 Å². The predicted octanol–water partition coefficient (Wildman–Crippen LogP) is 2.62. The van der Waals surface area contributed by atoms with Crippen molar-refractivity contribution in [1.82, 2.24) is 20.9 Å². The summed E-state index contributed by atoms with van der Waals surface area (Å²) in [4.78, 5) is 20.6. The van der Waals surface area contributed by atoms with Crippen molar-refractivity contribution in [3.8, 4) is 0 Å². The van der Waals surface area contributed by atoms with Gasteiger partial charge in [-0.05, 0) is 37.1 Å². The third kappa shape index (κ3) is 4.88. The number of fused-ring (bicyclic) bond motifs is 1. The standard InChI is InChI=1S/C21H25N5O2/c1-15-9-13-28-19(15)20(27)24-10-5-11-25-21(22-2)26-14-16-8-12-23-18-7-4-3-6-17(16)18/h3-4,6-9,12-13H,5,10-11,14H2,1-2H3,(H,24,27)(H2,22,25,26). The van der Waals surface area contributed by atoms with Gasteiger partial charge in [-0.3, -0.25) is 14.8 Å². The maximum absolute atomic E-state index is 12.0. The Morgan fingerprint density at radius 1 is 1.11 bits per heavy atom.